The van der Waals surface area contributed by atoms with E-state index in [4.69, 9.17) is 4.74 Å². The van der Waals surface area contributed by atoms with E-state index in [9.17, 15) is 8.42 Å². The maximum absolute atomic E-state index is 12.5. The second kappa shape index (κ2) is 10.7. The first-order valence-corrected chi connectivity index (χ1v) is 12.0. The molecule has 1 aromatic carbocycles. The lowest BCUT2D eigenvalue weighted by molar-refractivity contribution is 0.0904. The normalized spacial score (nSPS) is 16.1. The lowest BCUT2D eigenvalue weighted by Crippen LogP contribution is -2.54. The highest BCUT2D eigenvalue weighted by atomic mass is 32.2. The number of rotatable bonds is 8. The Morgan fingerprint density at radius 1 is 1.29 bits per heavy atom. The minimum absolute atomic E-state index is 0.0136. The minimum atomic E-state index is -3.31. The molecule has 0 spiro atoms. The average Bonchev–Trinajstić information content (AvgIpc) is 3.29. The Balaban J connectivity index is 1.51. The van der Waals surface area contributed by atoms with Gasteiger partial charge in [-0.2, -0.15) is 9.40 Å². The van der Waals surface area contributed by atoms with Crippen LogP contribution < -0.4 is 5.32 Å². The highest BCUT2D eigenvalue weighted by molar-refractivity contribution is 7.89. The Morgan fingerprint density at radius 2 is 2.06 bits per heavy atom. The van der Waals surface area contributed by atoms with Crippen LogP contribution in [0.5, 0.6) is 0 Å². The van der Waals surface area contributed by atoms with Crippen LogP contribution in [0.4, 0.5) is 0 Å². The molecule has 1 aliphatic heterocycles. The molecule has 1 aliphatic rings. The number of aromatic nitrogens is 3. The number of sulfonamides is 1. The summed E-state index contributed by atoms with van der Waals surface area (Å²) in [7, 11) is -1.57. The zero-order valence-corrected chi connectivity index (χ0v) is 19.1. The van der Waals surface area contributed by atoms with Gasteiger partial charge in [-0.15, -0.1) is 0 Å². The Morgan fingerprint density at radius 3 is 2.71 bits per heavy atom. The Kier molecular flexibility index (Phi) is 7.99. The number of ether oxygens (including phenoxy) is 1. The minimum Gasteiger partial charge on any atom is -0.378 e. The van der Waals surface area contributed by atoms with Crippen LogP contribution in [0.1, 0.15) is 19.4 Å². The van der Waals surface area contributed by atoms with Crippen LogP contribution in [0.15, 0.2) is 35.6 Å². The molecule has 2 heterocycles. The molecule has 10 nitrogen and oxygen atoms in total. The predicted octanol–water partition coefficient (Wildman–Crippen LogP) is 0.920. The summed E-state index contributed by atoms with van der Waals surface area (Å²) < 4.78 is 32.0. The Bertz CT molecular complexity index is 953. The lowest BCUT2D eigenvalue weighted by Gasteiger charge is -2.35. The van der Waals surface area contributed by atoms with E-state index >= 15 is 0 Å². The summed E-state index contributed by atoms with van der Waals surface area (Å²) in [6.07, 6.45) is 1.51. The molecule has 0 aliphatic carbocycles. The number of nitrogens with zero attached hydrogens (tertiary/aromatic N) is 5. The highest BCUT2D eigenvalue weighted by Gasteiger charge is 2.28. The molecule has 11 heteroatoms. The van der Waals surface area contributed by atoms with Crippen molar-refractivity contribution in [3.63, 3.8) is 0 Å². The molecular weight excluding hydrogens is 418 g/mol. The summed E-state index contributed by atoms with van der Waals surface area (Å²) in [5, 5.41) is 10.1. The van der Waals surface area contributed by atoms with E-state index in [1.54, 1.807) is 11.4 Å². The van der Waals surface area contributed by atoms with Crippen molar-refractivity contribution >= 4 is 16.0 Å². The maximum atomic E-state index is 12.5. The number of H-pyrrole nitrogens is 1. The lowest BCUT2D eigenvalue weighted by atomic mass is 10.1. The van der Waals surface area contributed by atoms with Crippen molar-refractivity contribution in [1.29, 1.82) is 0 Å². The van der Waals surface area contributed by atoms with Gasteiger partial charge >= 0.3 is 0 Å². The van der Waals surface area contributed by atoms with Crippen LogP contribution in [0, 0.1) is 0 Å². The summed E-state index contributed by atoms with van der Waals surface area (Å²) in [6, 6.07) is 8.03. The summed E-state index contributed by atoms with van der Waals surface area (Å²) >= 11 is 0. The van der Waals surface area contributed by atoms with Gasteiger partial charge in [0.05, 0.1) is 18.5 Å². The fourth-order valence-electron chi connectivity index (χ4n) is 3.38. The number of benzene rings is 1. The molecule has 3 rings (SSSR count). The third-order valence-electron chi connectivity index (χ3n) is 5.00. The van der Waals surface area contributed by atoms with Gasteiger partial charge in [0.1, 0.15) is 6.33 Å². The van der Waals surface area contributed by atoms with Crippen LogP contribution in [0.3, 0.4) is 0 Å². The molecule has 0 bridgehead atoms. The molecule has 170 valence electrons. The van der Waals surface area contributed by atoms with Crippen molar-refractivity contribution in [3.05, 3.63) is 36.2 Å². The standard InChI is InChI=1S/C20H31N7O3S/c1-16(2)30-11-12-31(28,29)27-9-7-26(8-10-27)20(21-3)22-14-17-5-4-6-18(13-17)19-23-15-24-25-19/h4-6,13,15-16H,7-12,14H2,1-3H3,(H,21,22)(H,23,24,25). The number of aliphatic imine (C=N–C) groups is 1. The first-order chi connectivity index (χ1) is 14.9. The fraction of sp³-hybridized carbons (Fsp3) is 0.550. The van der Waals surface area contributed by atoms with E-state index in [-0.39, 0.29) is 18.5 Å². The molecule has 2 N–H and O–H groups in total. The van der Waals surface area contributed by atoms with E-state index in [0.717, 1.165) is 22.9 Å². The monoisotopic (exact) mass is 449 g/mol. The summed E-state index contributed by atoms with van der Waals surface area (Å²) in [6.45, 7) is 6.65. The highest BCUT2D eigenvalue weighted by Crippen LogP contribution is 2.15. The van der Waals surface area contributed by atoms with Gasteiger partial charge in [-0.05, 0) is 25.5 Å². The second-order valence-corrected chi connectivity index (χ2v) is 9.65. The molecule has 0 unspecified atom stereocenters. The van der Waals surface area contributed by atoms with Crippen molar-refractivity contribution in [3.8, 4) is 11.4 Å². The van der Waals surface area contributed by atoms with Crippen LogP contribution in [-0.4, -0.2) is 90.5 Å². The Labute approximate surface area is 183 Å². The Hall–Kier alpha value is -2.50. The van der Waals surface area contributed by atoms with E-state index < -0.39 is 10.0 Å². The molecule has 0 atom stereocenters. The first kappa shape index (κ1) is 23.2. The van der Waals surface area contributed by atoms with Gasteiger partial charge in [-0.1, -0.05) is 18.2 Å². The molecule has 2 aromatic rings. The van der Waals surface area contributed by atoms with Gasteiger partial charge in [0.2, 0.25) is 10.0 Å². The molecule has 1 aromatic heterocycles. The van der Waals surface area contributed by atoms with Gasteiger partial charge in [-0.25, -0.2) is 13.4 Å². The van der Waals surface area contributed by atoms with Crippen molar-refractivity contribution in [2.75, 3.05) is 45.6 Å². The molecule has 31 heavy (non-hydrogen) atoms. The summed E-state index contributed by atoms with van der Waals surface area (Å²) in [5.41, 5.74) is 2.05. The third kappa shape index (κ3) is 6.49. The molecule has 0 saturated carbocycles. The van der Waals surface area contributed by atoms with Crippen molar-refractivity contribution < 1.29 is 13.2 Å². The molecule has 0 amide bonds. The largest absolute Gasteiger partial charge is 0.378 e. The predicted molar refractivity (Wildman–Crippen MR) is 120 cm³/mol. The van der Waals surface area contributed by atoms with E-state index in [0.29, 0.717) is 32.7 Å². The molecular formula is C20H31N7O3S. The van der Waals surface area contributed by atoms with Crippen LogP contribution in [0.2, 0.25) is 0 Å². The molecule has 0 radical (unpaired) electrons. The smallest absolute Gasteiger partial charge is 0.216 e. The fourth-order valence-corrected chi connectivity index (χ4v) is 4.67. The van der Waals surface area contributed by atoms with E-state index in [2.05, 4.69) is 30.4 Å². The number of aromatic amines is 1. The number of hydrogen-bond donors (Lipinski definition) is 2. The van der Waals surface area contributed by atoms with E-state index in [1.165, 1.54) is 6.33 Å². The SMILES string of the molecule is CN=C(NCc1cccc(-c2ncn[nH]2)c1)N1CCN(S(=O)(=O)CCOC(C)C)CC1. The second-order valence-electron chi connectivity index (χ2n) is 7.56. The summed E-state index contributed by atoms with van der Waals surface area (Å²) in [5.74, 6) is 1.49. The van der Waals surface area contributed by atoms with Crippen LogP contribution in [-0.2, 0) is 21.3 Å². The number of piperazine rings is 1. The average molecular weight is 450 g/mol. The topological polar surface area (TPSA) is 116 Å². The van der Waals surface area contributed by atoms with Gasteiger partial charge < -0.3 is 15.0 Å². The van der Waals surface area contributed by atoms with Gasteiger partial charge in [0, 0.05) is 45.3 Å². The quantitative estimate of drug-likeness (QED) is 0.455. The van der Waals surface area contributed by atoms with Gasteiger partial charge in [0.15, 0.2) is 11.8 Å². The van der Waals surface area contributed by atoms with Gasteiger partial charge in [0.25, 0.3) is 0 Å². The number of hydrogen-bond acceptors (Lipinski definition) is 6. The first-order valence-electron chi connectivity index (χ1n) is 10.4. The van der Waals surface area contributed by atoms with Gasteiger partial charge in [-0.3, -0.25) is 10.1 Å². The van der Waals surface area contributed by atoms with Crippen LogP contribution >= 0.6 is 0 Å². The number of nitrogens with one attached hydrogen (secondary N) is 2. The van der Waals surface area contributed by atoms with E-state index in [1.807, 2.05) is 38.1 Å². The van der Waals surface area contributed by atoms with Crippen molar-refractivity contribution in [1.82, 2.24) is 29.7 Å². The maximum Gasteiger partial charge on any atom is 0.216 e. The zero-order valence-electron chi connectivity index (χ0n) is 18.3. The molecule has 1 fully saturated rings. The summed E-state index contributed by atoms with van der Waals surface area (Å²) in [4.78, 5) is 10.6. The van der Waals surface area contributed by atoms with Crippen molar-refractivity contribution in [2.24, 2.45) is 4.99 Å². The molecule has 1 saturated heterocycles. The zero-order chi connectivity index (χ0) is 22.3. The van der Waals surface area contributed by atoms with Crippen molar-refractivity contribution in [2.45, 2.75) is 26.5 Å². The van der Waals surface area contributed by atoms with Crippen LogP contribution in [0.25, 0.3) is 11.4 Å². The number of guanidine groups is 1. The third-order valence-corrected chi connectivity index (χ3v) is 6.84.